The lowest BCUT2D eigenvalue weighted by molar-refractivity contribution is 0.0996. The van der Waals surface area contributed by atoms with E-state index < -0.39 is 5.91 Å². The van der Waals surface area contributed by atoms with Crippen molar-refractivity contribution < 1.29 is 4.79 Å². The van der Waals surface area contributed by atoms with E-state index in [1.165, 1.54) is 0 Å². The van der Waals surface area contributed by atoms with Gasteiger partial charge in [-0.25, -0.2) is 4.98 Å². The van der Waals surface area contributed by atoms with Gasteiger partial charge in [0.25, 0.3) is 5.91 Å². The molecule has 5 heteroatoms. The minimum atomic E-state index is -0.548. The third-order valence-electron chi connectivity index (χ3n) is 3.34. The molecular weight excluding hydrogens is 264 g/mol. The van der Waals surface area contributed by atoms with Crippen LogP contribution in [0.5, 0.6) is 0 Å². The quantitative estimate of drug-likeness (QED) is 0.798. The molecule has 0 aliphatic carbocycles. The summed E-state index contributed by atoms with van der Waals surface area (Å²) >= 11 is 0. The first kappa shape index (κ1) is 13.1. The molecule has 0 spiro atoms. The first-order chi connectivity index (χ1) is 10.2. The van der Waals surface area contributed by atoms with E-state index in [0.29, 0.717) is 5.56 Å². The number of nitrogens with zero attached hydrogens (tertiary/aromatic N) is 3. The second kappa shape index (κ2) is 5.20. The molecule has 1 amide bonds. The van der Waals surface area contributed by atoms with E-state index >= 15 is 0 Å². The summed E-state index contributed by atoms with van der Waals surface area (Å²) in [6.07, 6.45) is 3.28. The number of amides is 1. The van der Waals surface area contributed by atoms with Crippen LogP contribution >= 0.6 is 0 Å². The first-order valence-corrected chi connectivity index (χ1v) is 6.51. The number of imidazole rings is 1. The van der Waals surface area contributed by atoms with E-state index in [1.807, 2.05) is 48.0 Å². The van der Waals surface area contributed by atoms with Gasteiger partial charge in [0.2, 0.25) is 0 Å². The highest BCUT2D eigenvalue weighted by atomic mass is 16.1. The van der Waals surface area contributed by atoms with Gasteiger partial charge in [-0.05, 0) is 12.1 Å². The third-order valence-corrected chi connectivity index (χ3v) is 3.34. The summed E-state index contributed by atoms with van der Waals surface area (Å²) in [7, 11) is 1.91. The van der Waals surface area contributed by atoms with Crippen LogP contribution in [0.4, 0.5) is 0 Å². The Balaban J connectivity index is 2.14. The van der Waals surface area contributed by atoms with Crippen LogP contribution in [0.25, 0.3) is 22.6 Å². The third kappa shape index (κ3) is 2.29. The number of benzene rings is 1. The van der Waals surface area contributed by atoms with Crippen molar-refractivity contribution in [1.82, 2.24) is 14.5 Å². The van der Waals surface area contributed by atoms with E-state index in [0.717, 1.165) is 17.1 Å². The van der Waals surface area contributed by atoms with Crippen molar-refractivity contribution in [3.8, 4) is 22.6 Å². The van der Waals surface area contributed by atoms with Gasteiger partial charge in [0, 0.05) is 24.4 Å². The molecule has 2 N–H and O–H groups in total. The van der Waals surface area contributed by atoms with Crippen molar-refractivity contribution >= 4 is 5.91 Å². The summed E-state index contributed by atoms with van der Waals surface area (Å²) in [4.78, 5) is 20.0. The lowest BCUT2D eigenvalue weighted by Crippen LogP contribution is -2.14. The van der Waals surface area contributed by atoms with Crippen molar-refractivity contribution in [2.45, 2.75) is 0 Å². The van der Waals surface area contributed by atoms with Gasteiger partial charge < -0.3 is 10.3 Å². The van der Waals surface area contributed by atoms with Gasteiger partial charge in [-0.1, -0.05) is 30.3 Å². The standard InChI is InChI=1S/C16H14N4O/c1-20-13(12-8-5-9-18-14(12)15(17)21)10-19-16(20)11-6-3-2-4-7-11/h2-10H,1H3,(H2,17,21). The maximum absolute atomic E-state index is 11.5. The monoisotopic (exact) mass is 278 g/mol. The Morgan fingerprint density at radius 3 is 2.57 bits per heavy atom. The second-order valence-corrected chi connectivity index (χ2v) is 4.66. The molecule has 0 fully saturated rings. The fourth-order valence-corrected chi connectivity index (χ4v) is 2.32. The summed E-state index contributed by atoms with van der Waals surface area (Å²) in [5.41, 5.74) is 8.13. The highest BCUT2D eigenvalue weighted by Gasteiger charge is 2.16. The Labute approximate surface area is 122 Å². The maximum atomic E-state index is 11.5. The molecule has 0 aliphatic rings. The molecule has 0 saturated carbocycles. The summed E-state index contributed by atoms with van der Waals surface area (Å²) in [6.45, 7) is 0. The summed E-state index contributed by atoms with van der Waals surface area (Å²) in [5, 5.41) is 0. The average molecular weight is 278 g/mol. The fraction of sp³-hybridized carbons (Fsp3) is 0.0625. The Morgan fingerprint density at radius 2 is 1.86 bits per heavy atom. The Morgan fingerprint density at radius 1 is 1.10 bits per heavy atom. The highest BCUT2D eigenvalue weighted by molar-refractivity contribution is 5.97. The van der Waals surface area contributed by atoms with E-state index in [1.54, 1.807) is 18.5 Å². The van der Waals surface area contributed by atoms with Crippen LogP contribution in [-0.2, 0) is 7.05 Å². The van der Waals surface area contributed by atoms with E-state index in [2.05, 4.69) is 9.97 Å². The predicted molar refractivity (Wildman–Crippen MR) is 80.4 cm³/mol. The zero-order valence-electron chi connectivity index (χ0n) is 11.5. The summed E-state index contributed by atoms with van der Waals surface area (Å²) < 4.78 is 1.93. The zero-order chi connectivity index (χ0) is 14.8. The molecule has 21 heavy (non-hydrogen) atoms. The Bertz CT molecular complexity index is 793. The van der Waals surface area contributed by atoms with Crippen molar-refractivity contribution in [1.29, 1.82) is 0 Å². The summed E-state index contributed by atoms with van der Waals surface area (Å²) in [5.74, 6) is 0.276. The van der Waals surface area contributed by atoms with Gasteiger partial charge in [0.05, 0.1) is 11.9 Å². The van der Waals surface area contributed by atoms with Gasteiger partial charge in [-0.3, -0.25) is 9.78 Å². The van der Waals surface area contributed by atoms with Crippen molar-refractivity contribution in [2.75, 3.05) is 0 Å². The smallest absolute Gasteiger partial charge is 0.268 e. The lowest BCUT2D eigenvalue weighted by atomic mass is 10.1. The van der Waals surface area contributed by atoms with Crippen molar-refractivity contribution in [3.63, 3.8) is 0 Å². The number of rotatable bonds is 3. The number of carbonyl (C=O) groups excluding carboxylic acids is 1. The number of nitrogens with two attached hydrogens (primary N) is 1. The maximum Gasteiger partial charge on any atom is 0.268 e. The first-order valence-electron chi connectivity index (χ1n) is 6.51. The van der Waals surface area contributed by atoms with E-state index in [-0.39, 0.29) is 5.69 Å². The molecule has 0 bridgehead atoms. The Kier molecular flexibility index (Phi) is 3.23. The molecule has 2 heterocycles. The van der Waals surface area contributed by atoms with Crippen LogP contribution in [0.1, 0.15) is 10.5 Å². The molecule has 3 aromatic rings. The highest BCUT2D eigenvalue weighted by Crippen LogP contribution is 2.26. The molecule has 5 nitrogen and oxygen atoms in total. The zero-order valence-corrected chi connectivity index (χ0v) is 11.5. The van der Waals surface area contributed by atoms with E-state index in [9.17, 15) is 4.79 Å². The molecular formula is C16H14N4O. The average Bonchev–Trinajstić information content (AvgIpc) is 2.89. The van der Waals surface area contributed by atoms with Crippen molar-refractivity contribution in [3.05, 3.63) is 60.6 Å². The molecule has 104 valence electrons. The minimum absolute atomic E-state index is 0.250. The van der Waals surface area contributed by atoms with Gasteiger partial charge in [0.1, 0.15) is 11.5 Å². The number of carbonyl (C=O) groups is 1. The van der Waals surface area contributed by atoms with Crippen molar-refractivity contribution in [2.24, 2.45) is 12.8 Å². The molecule has 1 aromatic carbocycles. The number of hydrogen-bond donors (Lipinski definition) is 1. The van der Waals surface area contributed by atoms with Gasteiger partial charge in [-0.15, -0.1) is 0 Å². The second-order valence-electron chi connectivity index (χ2n) is 4.66. The SMILES string of the molecule is Cn1c(-c2cccnc2C(N)=O)cnc1-c1ccccc1. The van der Waals surface area contributed by atoms with Crippen LogP contribution in [-0.4, -0.2) is 20.4 Å². The topological polar surface area (TPSA) is 73.8 Å². The summed E-state index contributed by atoms with van der Waals surface area (Å²) in [6, 6.07) is 13.5. The van der Waals surface area contributed by atoms with Crippen LogP contribution in [0.2, 0.25) is 0 Å². The van der Waals surface area contributed by atoms with Crippen LogP contribution in [0.3, 0.4) is 0 Å². The molecule has 3 rings (SSSR count). The number of aromatic nitrogens is 3. The predicted octanol–water partition coefficient (Wildman–Crippen LogP) is 2.25. The molecule has 0 aliphatic heterocycles. The Hall–Kier alpha value is -2.95. The van der Waals surface area contributed by atoms with Gasteiger partial charge in [0.15, 0.2) is 0 Å². The molecule has 0 radical (unpaired) electrons. The van der Waals surface area contributed by atoms with E-state index in [4.69, 9.17) is 5.73 Å². The fourth-order valence-electron chi connectivity index (χ4n) is 2.32. The normalized spacial score (nSPS) is 10.5. The molecule has 0 unspecified atom stereocenters. The van der Waals surface area contributed by atoms with Gasteiger partial charge >= 0.3 is 0 Å². The molecule has 0 atom stereocenters. The van der Waals surface area contributed by atoms with Crippen LogP contribution in [0, 0.1) is 0 Å². The number of primary amides is 1. The molecule has 0 saturated heterocycles. The number of pyridine rings is 1. The van der Waals surface area contributed by atoms with Gasteiger partial charge in [-0.2, -0.15) is 0 Å². The number of hydrogen-bond acceptors (Lipinski definition) is 3. The largest absolute Gasteiger partial charge is 0.364 e. The molecule has 2 aromatic heterocycles. The minimum Gasteiger partial charge on any atom is -0.364 e. The van der Waals surface area contributed by atoms with Crippen LogP contribution in [0.15, 0.2) is 54.9 Å². The lowest BCUT2D eigenvalue weighted by Gasteiger charge is -2.08. The van der Waals surface area contributed by atoms with Crippen LogP contribution < -0.4 is 5.73 Å².